The Morgan fingerprint density at radius 3 is 3.00 bits per heavy atom. The predicted molar refractivity (Wildman–Crippen MR) is 62.2 cm³/mol. The maximum atomic E-state index is 4.15. The van der Waals surface area contributed by atoms with Gasteiger partial charge in [-0.15, -0.1) is 10.2 Å². The second-order valence-corrected chi connectivity index (χ2v) is 6.29. The zero-order chi connectivity index (χ0) is 9.97. The van der Waals surface area contributed by atoms with Crippen molar-refractivity contribution in [2.24, 2.45) is 0 Å². The highest BCUT2D eigenvalue weighted by Gasteiger charge is 2.22. The van der Waals surface area contributed by atoms with Gasteiger partial charge in [-0.25, -0.2) is 0 Å². The Balaban J connectivity index is 1.88. The highest BCUT2D eigenvalue weighted by molar-refractivity contribution is 8.01. The van der Waals surface area contributed by atoms with Gasteiger partial charge in [-0.2, -0.15) is 0 Å². The minimum atomic E-state index is 0.636. The second-order valence-electron chi connectivity index (χ2n) is 3.63. The van der Waals surface area contributed by atoms with Crippen LogP contribution in [0.3, 0.4) is 0 Å². The first-order chi connectivity index (χ1) is 6.78. The number of rotatable bonds is 5. The van der Waals surface area contributed by atoms with Gasteiger partial charge in [0.2, 0.25) is 5.13 Å². The van der Waals surface area contributed by atoms with Gasteiger partial charge >= 0.3 is 0 Å². The number of nitrogens with one attached hydrogen (secondary N) is 1. The summed E-state index contributed by atoms with van der Waals surface area (Å²) >= 11 is 3.49. The molecule has 0 aromatic carbocycles. The number of thioether (sulfide) groups is 1. The molecule has 0 radical (unpaired) electrons. The van der Waals surface area contributed by atoms with Crippen molar-refractivity contribution in [2.75, 3.05) is 5.32 Å². The van der Waals surface area contributed by atoms with Gasteiger partial charge in [0.1, 0.15) is 0 Å². The maximum absolute atomic E-state index is 4.15. The molecule has 78 valence electrons. The van der Waals surface area contributed by atoms with Crippen LogP contribution >= 0.6 is 23.1 Å². The van der Waals surface area contributed by atoms with Crippen molar-refractivity contribution >= 4 is 28.2 Å². The summed E-state index contributed by atoms with van der Waals surface area (Å²) in [7, 11) is 0. The Morgan fingerprint density at radius 1 is 1.57 bits per heavy atom. The van der Waals surface area contributed by atoms with Crippen LogP contribution in [0.15, 0.2) is 4.34 Å². The largest absolute Gasteiger partial charge is 0.357 e. The number of nitrogens with zero attached hydrogens (tertiary/aromatic N) is 2. The van der Waals surface area contributed by atoms with Crippen molar-refractivity contribution in [3.05, 3.63) is 0 Å². The van der Waals surface area contributed by atoms with Crippen molar-refractivity contribution < 1.29 is 0 Å². The summed E-state index contributed by atoms with van der Waals surface area (Å²) in [6, 6.07) is 0.671. The molecule has 0 saturated heterocycles. The second kappa shape index (κ2) is 4.49. The summed E-state index contributed by atoms with van der Waals surface area (Å²) in [5, 5.41) is 13.3. The minimum absolute atomic E-state index is 0.636. The topological polar surface area (TPSA) is 37.8 Å². The van der Waals surface area contributed by atoms with Crippen molar-refractivity contribution in [1.29, 1.82) is 0 Å². The third kappa shape index (κ3) is 2.85. The molecule has 0 aliphatic heterocycles. The van der Waals surface area contributed by atoms with Crippen molar-refractivity contribution in [3.8, 4) is 0 Å². The van der Waals surface area contributed by atoms with E-state index in [-0.39, 0.29) is 0 Å². The zero-order valence-electron chi connectivity index (χ0n) is 8.49. The monoisotopic (exact) mass is 229 g/mol. The molecule has 1 aliphatic carbocycles. The van der Waals surface area contributed by atoms with E-state index in [1.807, 2.05) is 11.8 Å². The third-order valence-corrected chi connectivity index (χ3v) is 4.40. The number of hydrogen-bond donors (Lipinski definition) is 1. The van der Waals surface area contributed by atoms with E-state index in [1.54, 1.807) is 11.3 Å². The van der Waals surface area contributed by atoms with Gasteiger partial charge in [-0.05, 0) is 19.3 Å². The highest BCUT2D eigenvalue weighted by atomic mass is 32.2. The number of hydrogen-bond acceptors (Lipinski definition) is 5. The third-order valence-electron chi connectivity index (χ3n) is 2.19. The molecule has 14 heavy (non-hydrogen) atoms. The summed E-state index contributed by atoms with van der Waals surface area (Å²) in [5.41, 5.74) is 0. The Morgan fingerprint density at radius 2 is 2.36 bits per heavy atom. The normalized spacial score (nSPS) is 18.1. The van der Waals surface area contributed by atoms with Crippen LogP contribution in [0.2, 0.25) is 0 Å². The Hall–Kier alpha value is -0.290. The van der Waals surface area contributed by atoms with Crippen molar-refractivity contribution in [1.82, 2.24) is 10.2 Å². The smallest absolute Gasteiger partial charge is 0.206 e. The molecule has 1 saturated carbocycles. The maximum Gasteiger partial charge on any atom is 0.206 e. The summed E-state index contributed by atoms with van der Waals surface area (Å²) < 4.78 is 1.09. The van der Waals surface area contributed by atoms with Crippen LogP contribution in [0, 0.1) is 0 Å². The molecule has 0 amide bonds. The fraction of sp³-hybridized carbons (Fsp3) is 0.778. The van der Waals surface area contributed by atoms with Crippen LogP contribution < -0.4 is 5.32 Å². The molecule has 1 unspecified atom stereocenters. The molecule has 1 aromatic rings. The van der Waals surface area contributed by atoms with Crippen LogP contribution in [-0.2, 0) is 0 Å². The standard InChI is InChI=1S/C9H15N3S2/c1-3-6(2)13-9-12-11-8(14-9)10-7-4-5-7/h6-7H,3-5H2,1-2H3,(H,10,11). The summed E-state index contributed by atoms with van der Waals surface area (Å²) in [5.74, 6) is 0. The zero-order valence-corrected chi connectivity index (χ0v) is 10.1. The molecule has 2 rings (SSSR count). The molecule has 1 fully saturated rings. The van der Waals surface area contributed by atoms with Crippen LogP contribution in [0.4, 0.5) is 5.13 Å². The Kier molecular flexibility index (Phi) is 3.28. The van der Waals surface area contributed by atoms with Gasteiger partial charge in [-0.1, -0.05) is 36.9 Å². The molecule has 1 aromatic heterocycles. The lowest BCUT2D eigenvalue weighted by Gasteiger charge is -2.02. The average molecular weight is 229 g/mol. The fourth-order valence-electron chi connectivity index (χ4n) is 0.973. The van der Waals surface area contributed by atoms with Crippen LogP contribution in [0.25, 0.3) is 0 Å². The van der Waals surface area contributed by atoms with Gasteiger partial charge < -0.3 is 5.32 Å². The van der Waals surface area contributed by atoms with E-state index < -0.39 is 0 Å². The van der Waals surface area contributed by atoms with E-state index >= 15 is 0 Å². The van der Waals surface area contributed by atoms with Gasteiger partial charge in [-0.3, -0.25) is 0 Å². The predicted octanol–water partition coefficient (Wildman–Crippen LogP) is 3.00. The van der Waals surface area contributed by atoms with E-state index in [1.165, 1.54) is 19.3 Å². The summed E-state index contributed by atoms with van der Waals surface area (Å²) in [4.78, 5) is 0. The van der Waals surface area contributed by atoms with Gasteiger partial charge in [0.15, 0.2) is 4.34 Å². The first-order valence-corrected chi connectivity index (χ1v) is 6.74. The van der Waals surface area contributed by atoms with Crippen molar-refractivity contribution in [2.45, 2.75) is 48.7 Å². The molecule has 1 heterocycles. The molecular weight excluding hydrogens is 214 g/mol. The minimum Gasteiger partial charge on any atom is -0.357 e. The molecule has 5 heteroatoms. The molecule has 1 N–H and O–H groups in total. The lowest BCUT2D eigenvalue weighted by molar-refractivity contribution is 0.899. The van der Waals surface area contributed by atoms with E-state index in [0.29, 0.717) is 11.3 Å². The lowest BCUT2D eigenvalue weighted by atomic mass is 10.4. The molecular formula is C9H15N3S2. The van der Waals surface area contributed by atoms with Gasteiger partial charge in [0, 0.05) is 11.3 Å². The fourth-order valence-corrected chi connectivity index (χ4v) is 3.05. The van der Waals surface area contributed by atoms with Crippen molar-refractivity contribution in [3.63, 3.8) is 0 Å². The van der Waals surface area contributed by atoms with E-state index in [9.17, 15) is 0 Å². The molecule has 1 atom stereocenters. The molecule has 3 nitrogen and oxygen atoms in total. The summed E-state index contributed by atoms with van der Waals surface area (Å²) in [6.07, 6.45) is 3.75. The van der Waals surface area contributed by atoms with E-state index in [0.717, 1.165) is 9.47 Å². The van der Waals surface area contributed by atoms with Crippen LogP contribution in [0.1, 0.15) is 33.1 Å². The van der Waals surface area contributed by atoms with Crippen LogP contribution in [-0.4, -0.2) is 21.5 Å². The number of anilines is 1. The number of aromatic nitrogens is 2. The summed E-state index contributed by atoms with van der Waals surface area (Å²) in [6.45, 7) is 4.42. The average Bonchev–Trinajstić information content (AvgIpc) is 2.87. The highest BCUT2D eigenvalue weighted by Crippen LogP contribution is 2.32. The van der Waals surface area contributed by atoms with Gasteiger partial charge in [0.05, 0.1) is 0 Å². The van der Waals surface area contributed by atoms with E-state index in [4.69, 9.17) is 0 Å². The quantitative estimate of drug-likeness (QED) is 0.788. The lowest BCUT2D eigenvalue weighted by Crippen LogP contribution is -1.99. The Labute approximate surface area is 92.7 Å². The SMILES string of the molecule is CCC(C)Sc1nnc(NC2CC2)s1. The van der Waals surface area contributed by atoms with Crippen LogP contribution in [0.5, 0.6) is 0 Å². The molecule has 0 spiro atoms. The first kappa shape index (κ1) is 10.2. The van der Waals surface area contributed by atoms with Gasteiger partial charge in [0.25, 0.3) is 0 Å². The molecule has 1 aliphatic rings. The molecule has 0 bridgehead atoms. The first-order valence-electron chi connectivity index (χ1n) is 5.04. The Bertz CT molecular complexity index is 296. The van der Waals surface area contributed by atoms with E-state index in [2.05, 4.69) is 29.4 Å².